The first-order valence-electron chi connectivity index (χ1n) is 6.86. The molecule has 3 aromatic rings. The molecule has 0 amide bonds. The quantitative estimate of drug-likeness (QED) is 0.393. The van der Waals surface area contributed by atoms with E-state index in [0.29, 0.717) is 5.69 Å². The van der Waals surface area contributed by atoms with E-state index in [2.05, 4.69) is 4.99 Å². The largest absolute Gasteiger partial charge is 0.316 e. The van der Waals surface area contributed by atoms with Crippen molar-refractivity contribution in [3.05, 3.63) is 87.7 Å². The van der Waals surface area contributed by atoms with Gasteiger partial charge in [-0.25, -0.2) is 0 Å². The average Bonchev–Trinajstić information content (AvgIpc) is 3.03. The van der Waals surface area contributed by atoms with Gasteiger partial charge in [-0.1, -0.05) is 29.8 Å². The summed E-state index contributed by atoms with van der Waals surface area (Å²) in [4.78, 5) is 14.7. The van der Waals surface area contributed by atoms with E-state index in [1.165, 1.54) is 12.1 Å². The molecule has 0 aliphatic heterocycles. The summed E-state index contributed by atoms with van der Waals surface area (Å²) in [6.45, 7) is 0. The molecule has 0 saturated carbocycles. The molecular formula is C17H12ClN3O2. The van der Waals surface area contributed by atoms with Gasteiger partial charge in [-0.2, -0.15) is 0 Å². The van der Waals surface area contributed by atoms with Crippen molar-refractivity contribution in [2.45, 2.75) is 0 Å². The minimum atomic E-state index is -0.520. The van der Waals surface area contributed by atoms with Crippen molar-refractivity contribution in [1.29, 1.82) is 0 Å². The third-order valence-corrected chi connectivity index (χ3v) is 3.61. The molecule has 23 heavy (non-hydrogen) atoms. The van der Waals surface area contributed by atoms with Crippen LogP contribution < -0.4 is 0 Å². The van der Waals surface area contributed by atoms with Crippen LogP contribution in [0, 0.1) is 10.1 Å². The van der Waals surface area contributed by atoms with E-state index >= 15 is 0 Å². The first-order valence-corrected chi connectivity index (χ1v) is 7.24. The number of nitro groups is 1. The van der Waals surface area contributed by atoms with Crippen molar-refractivity contribution in [3.8, 4) is 5.69 Å². The minimum Gasteiger partial charge on any atom is -0.316 e. The molecule has 0 aliphatic carbocycles. The van der Waals surface area contributed by atoms with Crippen LogP contribution in [0.2, 0.25) is 5.02 Å². The highest BCUT2D eigenvalue weighted by Crippen LogP contribution is 2.28. The van der Waals surface area contributed by atoms with Crippen molar-refractivity contribution in [3.63, 3.8) is 0 Å². The van der Waals surface area contributed by atoms with Gasteiger partial charge in [0.1, 0.15) is 5.02 Å². The molecule has 114 valence electrons. The van der Waals surface area contributed by atoms with Gasteiger partial charge >= 0.3 is 0 Å². The number of benzene rings is 2. The second-order valence-corrected chi connectivity index (χ2v) is 5.20. The molecule has 0 N–H and O–H groups in total. The Kier molecular flexibility index (Phi) is 4.21. The summed E-state index contributed by atoms with van der Waals surface area (Å²) in [7, 11) is 0. The number of rotatable bonds is 4. The maximum atomic E-state index is 10.9. The lowest BCUT2D eigenvalue weighted by atomic mass is 10.3. The highest BCUT2D eigenvalue weighted by atomic mass is 35.5. The van der Waals surface area contributed by atoms with Crippen molar-refractivity contribution in [1.82, 2.24) is 4.57 Å². The first kappa shape index (κ1) is 15.0. The predicted molar refractivity (Wildman–Crippen MR) is 91.1 cm³/mol. The van der Waals surface area contributed by atoms with Gasteiger partial charge in [-0.3, -0.25) is 15.1 Å². The molecule has 5 nitrogen and oxygen atoms in total. The van der Waals surface area contributed by atoms with Crippen LogP contribution >= 0.6 is 11.6 Å². The Labute approximate surface area is 137 Å². The van der Waals surface area contributed by atoms with Gasteiger partial charge in [0.05, 0.1) is 22.5 Å². The van der Waals surface area contributed by atoms with Crippen LogP contribution in [-0.4, -0.2) is 15.7 Å². The lowest BCUT2D eigenvalue weighted by molar-refractivity contribution is -0.384. The molecule has 1 heterocycles. The number of halogens is 1. The fourth-order valence-electron chi connectivity index (χ4n) is 2.18. The molecule has 6 heteroatoms. The predicted octanol–water partition coefficient (Wildman–Crippen LogP) is 4.79. The third-order valence-electron chi connectivity index (χ3n) is 3.29. The van der Waals surface area contributed by atoms with E-state index in [1.54, 1.807) is 12.3 Å². The average molecular weight is 326 g/mol. The van der Waals surface area contributed by atoms with E-state index in [-0.39, 0.29) is 10.7 Å². The minimum absolute atomic E-state index is 0.0987. The summed E-state index contributed by atoms with van der Waals surface area (Å²) < 4.78 is 1.98. The van der Waals surface area contributed by atoms with Crippen molar-refractivity contribution < 1.29 is 4.92 Å². The molecular weight excluding hydrogens is 314 g/mol. The molecule has 0 radical (unpaired) electrons. The van der Waals surface area contributed by atoms with Gasteiger partial charge in [-0.15, -0.1) is 0 Å². The molecule has 0 unspecified atom stereocenters. The lowest BCUT2D eigenvalue weighted by Gasteiger charge is -2.05. The van der Waals surface area contributed by atoms with Crippen molar-refractivity contribution >= 4 is 29.2 Å². The number of aromatic nitrogens is 1. The lowest BCUT2D eigenvalue weighted by Crippen LogP contribution is -1.97. The van der Waals surface area contributed by atoms with Gasteiger partial charge in [0.25, 0.3) is 5.69 Å². The van der Waals surface area contributed by atoms with Crippen LogP contribution in [0.5, 0.6) is 0 Å². The van der Waals surface area contributed by atoms with Gasteiger partial charge in [0, 0.05) is 18.0 Å². The maximum Gasteiger partial charge on any atom is 0.290 e. The number of para-hydroxylation sites is 1. The summed E-state index contributed by atoms with van der Waals surface area (Å²) in [5.74, 6) is 0. The maximum absolute atomic E-state index is 10.9. The Bertz CT molecular complexity index is 873. The number of aliphatic imine (C=N–C) groups is 1. The number of hydrogen-bond acceptors (Lipinski definition) is 3. The van der Waals surface area contributed by atoms with E-state index in [0.717, 1.165) is 11.4 Å². The van der Waals surface area contributed by atoms with E-state index in [4.69, 9.17) is 11.6 Å². The normalized spacial score (nSPS) is 11.0. The van der Waals surface area contributed by atoms with Crippen LogP contribution in [0.25, 0.3) is 5.69 Å². The van der Waals surface area contributed by atoms with Crippen molar-refractivity contribution in [2.75, 3.05) is 0 Å². The van der Waals surface area contributed by atoms with E-state index in [9.17, 15) is 10.1 Å². The van der Waals surface area contributed by atoms with E-state index in [1.807, 2.05) is 53.2 Å². The Hall–Kier alpha value is -2.92. The summed E-state index contributed by atoms with van der Waals surface area (Å²) in [6.07, 6.45) is 3.60. The Balaban J connectivity index is 1.92. The van der Waals surface area contributed by atoms with Gasteiger partial charge in [0.2, 0.25) is 0 Å². The highest BCUT2D eigenvalue weighted by molar-refractivity contribution is 6.32. The van der Waals surface area contributed by atoms with Crippen LogP contribution in [0.1, 0.15) is 5.69 Å². The fourth-order valence-corrected chi connectivity index (χ4v) is 2.37. The highest BCUT2D eigenvalue weighted by Gasteiger charge is 2.12. The fraction of sp³-hybridized carbons (Fsp3) is 0. The Morgan fingerprint density at radius 2 is 1.87 bits per heavy atom. The molecule has 1 aromatic heterocycles. The SMILES string of the molecule is O=[N+]([O-])c1cc(N=Cc2cccn2-c2ccccc2)ccc1Cl. The van der Waals surface area contributed by atoms with Crippen molar-refractivity contribution in [2.24, 2.45) is 4.99 Å². The summed E-state index contributed by atoms with van der Waals surface area (Å²) >= 11 is 5.80. The second-order valence-electron chi connectivity index (χ2n) is 4.79. The van der Waals surface area contributed by atoms with Gasteiger partial charge in [0.15, 0.2) is 0 Å². The zero-order chi connectivity index (χ0) is 16.2. The van der Waals surface area contributed by atoms with Crippen LogP contribution in [0.4, 0.5) is 11.4 Å². The molecule has 3 rings (SSSR count). The van der Waals surface area contributed by atoms with Gasteiger partial charge < -0.3 is 4.57 Å². The monoisotopic (exact) mass is 325 g/mol. The summed E-state index contributed by atoms with van der Waals surface area (Å²) in [5, 5.41) is 11.0. The molecule has 0 fully saturated rings. The zero-order valence-electron chi connectivity index (χ0n) is 12.0. The topological polar surface area (TPSA) is 60.4 Å². The van der Waals surface area contributed by atoms with Crippen LogP contribution in [0.15, 0.2) is 71.9 Å². The smallest absolute Gasteiger partial charge is 0.290 e. The zero-order valence-corrected chi connectivity index (χ0v) is 12.7. The van der Waals surface area contributed by atoms with Crippen LogP contribution in [-0.2, 0) is 0 Å². The molecule has 2 aromatic carbocycles. The van der Waals surface area contributed by atoms with E-state index < -0.39 is 4.92 Å². The standard InChI is InChI=1S/C17H12ClN3O2/c18-16-9-8-13(11-17(16)21(22)23)19-12-15-7-4-10-20(15)14-5-2-1-3-6-14/h1-12H. The number of hydrogen-bond donors (Lipinski definition) is 0. The molecule has 0 saturated heterocycles. The van der Waals surface area contributed by atoms with Crippen LogP contribution in [0.3, 0.4) is 0 Å². The second kappa shape index (κ2) is 6.46. The Morgan fingerprint density at radius 1 is 1.09 bits per heavy atom. The number of nitrogens with zero attached hydrogens (tertiary/aromatic N) is 3. The third kappa shape index (κ3) is 3.30. The molecule has 0 bridgehead atoms. The Morgan fingerprint density at radius 3 is 2.61 bits per heavy atom. The summed E-state index contributed by atoms with van der Waals surface area (Å²) in [6, 6.07) is 18.2. The molecule has 0 spiro atoms. The summed E-state index contributed by atoms with van der Waals surface area (Å²) in [5.41, 5.74) is 2.21. The number of nitro benzene ring substituents is 1. The first-order chi connectivity index (χ1) is 11.1. The molecule has 0 aliphatic rings. The van der Waals surface area contributed by atoms with Gasteiger partial charge in [-0.05, 0) is 36.4 Å². The molecule has 0 atom stereocenters.